The molecule has 0 N–H and O–H groups in total. The first-order chi connectivity index (χ1) is 7.22. The van der Waals surface area contributed by atoms with E-state index < -0.39 is 0 Å². The van der Waals surface area contributed by atoms with E-state index >= 15 is 0 Å². The zero-order valence-electron chi connectivity index (χ0n) is 8.97. The molecular weight excluding hydrogens is 194 g/mol. The summed E-state index contributed by atoms with van der Waals surface area (Å²) in [5, 5.41) is 0. The van der Waals surface area contributed by atoms with E-state index in [0.717, 1.165) is 18.8 Å². The van der Waals surface area contributed by atoms with Crippen molar-refractivity contribution in [1.82, 2.24) is 4.90 Å². The van der Waals surface area contributed by atoms with Gasteiger partial charge in [-0.15, -0.1) is 0 Å². The number of rotatable bonds is 2. The predicted molar refractivity (Wildman–Crippen MR) is 54.5 cm³/mol. The van der Waals surface area contributed by atoms with Crippen molar-refractivity contribution in [3.63, 3.8) is 0 Å². The maximum absolute atomic E-state index is 11.6. The number of likely N-dealkylation sites (tertiary alicyclic amines) is 1. The Balaban J connectivity index is 2.19. The van der Waals surface area contributed by atoms with Gasteiger partial charge < -0.3 is 14.1 Å². The molecule has 0 unspecified atom stereocenters. The molecule has 1 aromatic heterocycles. The normalized spacial score (nSPS) is 26.8. The lowest BCUT2D eigenvalue weighted by Crippen LogP contribution is -2.23. The Morgan fingerprint density at radius 2 is 2.40 bits per heavy atom. The number of carbonyl (C=O) groups excluding carboxylic acids is 1. The molecule has 82 valence electrons. The first kappa shape index (κ1) is 10.2. The number of nitrogens with zero attached hydrogens (tertiary/aromatic N) is 1. The van der Waals surface area contributed by atoms with Gasteiger partial charge in [0, 0.05) is 19.0 Å². The number of hydrogen-bond donors (Lipinski definition) is 0. The standard InChI is InChI=1S/C11H15NO3/c1-12-6-8(10-4-3-5-15-10)9(7-12)11(13)14-2/h3-5,8-9H,6-7H2,1-2H3/t8-,9+/m1/s1. The smallest absolute Gasteiger partial charge is 0.310 e. The zero-order chi connectivity index (χ0) is 10.8. The first-order valence-electron chi connectivity index (χ1n) is 5.02. The van der Waals surface area contributed by atoms with Gasteiger partial charge in [-0.3, -0.25) is 4.79 Å². The molecule has 0 aromatic carbocycles. The monoisotopic (exact) mass is 209 g/mol. The predicted octanol–water partition coefficient (Wildman–Crippen LogP) is 1.10. The Bertz CT molecular complexity index is 334. The molecule has 1 aliphatic rings. The van der Waals surface area contributed by atoms with Crippen molar-refractivity contribution in [2.45, 2.75) is 5.92 Å². The number of likely N-dealkylation sites (N-methyl/N-ethyl adjacent to an activating group) is 1. The Hall–Kier alpha value is -1.29. The Morgan fingerprint density at radius 3 is 3.00 bits per heavy atom. The van der Waals surface area contributed by atoms with E-state index in [1.165, 1.54) is 7.11 Å². The van der Waals surface area contributed by atoms with Gasteiger partial charge in [-0.25, -0.2) is 0 Å². The molecule has 0 spiro atoms. The van der Waals surface area contributed by atoms with E-state index in [4.69, 9.17) is 9.15 Å². The highest BCUT2D eigenvalue weighted by Gasteiger charge is 2.39. The maximum atomic E-state index is 11.6. The van der Waals surface area contributed by atoms with Crippen LogP contribution < -0.4 is 0 Å². The van der Waals surface area contributed by atoms with Crippen molar-refractivity contribution in [3.8, 4) is 0 Å². The minimum Gasteiger partial charge on any atom is -0.469 e. The SMILES string of the molecule is COC(=O)[C@H]1CN(C)C[C@H]1c1ccco1. The molecule has 2 heterocycles. The summed E-state index contributed by atoms with van der Waals surface area (Å²) in [5.74, 6) is 0.735. The van der Waals surface area contributed by atoms with E-state index in [-0.39, 0.29) is 17.8 Å². The number of hydrogen-bond acceptors (Lipinski definition) is 4. The zero-order valence-corrected chi connectivity index (χ0v) is 8.97. The van der Waals surface area contributed by atoms with Crippen LogP contribution in [0.5, 0.6) is 0 Å². The molecule has 0 saturated carbocycles. The summed E-state index contributed by atoms with van der Waals surface area (Å²) in [5.41, 5.74) is 0. The molecule has 1 saturated heterocycles. The van der Waals surface area contributed by atoms with Gasteiger partial charge >= 0.3 is 5.97 Å². The molecule has 1 aromatic rings. The van der Waals surface area contributed by atoms with E-state index in [1.54, 1.807) is 6.26 Å². The Labute approximate surface area is 88.8 Å². The number of ether oxygens (including phenoxy) is 1. The van der Waals surface area contributed by atoms with Crippen molar-refractivity contribution in [1.29, 1.82) is 0 Å². The first-order valence-corrected chi connectivity index (χ1v) is 5.02. The third kappa shape index (κ3) is 1.90. The summed E-state index contributed by atoms with van der Waals surface area (Å²) in [6.45, 7) is 1.57. The summed E-state index contributed by atoms with van der Waals surface area (Å²) in [6.07, 6.45) is 1.64. The van der Waals surface area contributed by atoms with Gasteiger partial charge in [0.25, 0.3) is 0 Å². The molecule has 2 rings (SSSR count). The minimum atomic E-state index is -0.152. The lowest BCUT2D eigenvalue weighted by molar-refractivity contribution is -0.145. The molecule has 1 fully saturated rings. The van der Waals surface area contributed by atoms with Crippen molar-refractivity contribution >= 4 is 5.97 Å². The average molecular weight is 209 g/mol. The molecule has 15 heavy (non-hydrogen) atoms. The highest BCUT2D eigenvalue weighted by atomic mass is 16.5. The highest BCUT2D eigenvalue weighted by molar-refractivity contribution is 5.74. The van der Waals surface area contributed by atoms with E-state index in [2.05, 4.69) is 4.90 Å². The lowest BCUT2D eigenvalue weighted by Gasteiger charge is -2.13. The van der Waals surface area contributed by atoms with Gasteiger partial charge in [-0.05, 0) is 19.2 Å². The fourth-order valence-corrected chi connectivity index (χ4v) is 2.18. The lowest BCUT2D eigenvalue weighted by atomic mass is 9.94. The fourth-order valence-electron chi connectivity index (χ4n) is 2.18. The maximum Gasteiger partial charge on any atom is 0.310 e. The van der Waals surface area contributed by atoms with Crippen LogP contribution in [0.4, 0.5) is 0 Å². The summed E-state index contributed by atoms with van der Waals surface area (Å²) in [7, 11) is 3.43. The van der Waals surface area contributed by atoms with Crippen LogP contribution in [-0.2, 0) is 9.53 Å². The largest absolute Gasteiger partial charge is 0.469 e. The summed E-state index contributed by atoms with van der Waals surface area (Å²) < 4.78 is 10.2. The van der Waals surface area contributed by atoms with Gasteiger partial charge in [0.2, 0.25) is 0 Å². The molecule has 0 amide bonds. The van der Waals surface area contributed by atoms with Gasteiger partial charge in [0.15, 0.2) is 0 Å². The summed E-state index contributed by atoms with van der Waals surface area (Å²) in [4.78, 5) is 13.7. The van der Waals surface area contributed by atoms with E-state index in [0.29, 0.717) is 0 Å². The quantitative estimate of drug-likeness (QED) is 0.684. The molecule has 4 heteroatoms. The molecular formula is C11H15NO3. The molecule has 2 atom stereocenters. The van der Waals surface area contributed by atoms with Crippen LogP contribution in [0, 0.1) is 5.92 Å². The second-order valence-corrected chi connectivity index (χ2v) is 3.97. The average Bonchev–Trinajstić information content (AvgIpc) is 2.84. The molecule has 1 aliphatic heterocycles. The topological polar surface area (TPSA) is 42.7 Å². The minimum absolute atomic E-state index is 0.105. The van der Waals surface area contributed by atoms with Crippen LogP contribution in [0.15, 0.2) is 22.8 Å². The van der Waals surface area contributed by atoms with Gasteiger partial charge in [0.05, 0.1) is 19.3 Å². The van der Waals surface area contributed by atoms with Crippen molar-refractivity contribution < 1.29 is 13.9 Å². The van der Waals surface area contributed by atoms with Crippen LogP contribution in [0.2, 0.25) is 0 Å². The molecule has 4 nitrogen and oxygen atoms in total. The third-order valence-electron chi connectivity index (χ3n) is 2.92. The number of esters is 1. The van der Waals surface area contributed by atoms with Gasteiger partial charge in [-0.2, -0.15) is 0 Å². The second-order valence-electron chi connectivity index (χ2n) is 3.97. The van der Waals surface area contributed by atoms with Crippen LogP contribution in [0.1, 0.15) is 11.7 Å². The molecule has 0 aliphatic carbocycles. The van der Waals surface area contributed by atoms with Crippen LogP contribution in [0.25, 0.3) is 0 Å². The second kappa shape index (κ2) is 4.06. The van der Waals surface area contributed by atoms with Crippen molar-refractivity contribution in [2.75, 3.05) is 27.2 Å². The molecule has 0 bridgehead atoms. The summed E-state index contributed by atoms with van der Waals surface area (Å²) in [6, 6.07) is 3.77. The number of methoxy groups -OCH3 is 1. The van der Waals surface area contributed by atoms with E-state index in [1.807, 2.05) is 19.2 Å². The number of furan rings is 1. The summed E-state index contributed by atoms with van der Waals surface area (Å²) >= 11 is 0. The fraction of sp³-hybridized carbons (Fsp3) is 0.545. The Morgan fingerprint density at radius 1 is 1.60 bits per heavy atom. The Kier molecular flexibility index (Phi) is 2.77. The number of carbonyl (C=O) groups is 1. The van der Waals surface area contributed by atoms with Gasteiger partial charge in [0.1, 0.15) is 5.76 Å². The van der Waals surface area contributed by atoms with Gasteiger partial charge in [-0.1, -0.05) is 0 Å². The molecule has 0 radical (unpaired) electrons. The van der Waals surface area contributed by atoms with Crippen molar-refractivity contribution in [2.24, 2.45) is 5.92 Å². The third-order valence-corrected chi connectivity index (χ3v) is 2.92. The van der Waals surface area contributed by atoms with E-state index in [9.17, 15) is 4.79 Å². The highest BCUT2D eigenvalue weighted by Crippen LogP contribution is 2.32. The van der Waals surface area contributed by atoms with Crippen LogP contribution in [-0.4, -0.2) is 38.1 Å². The van der Waals surface area contributed by atoms with Crippen molar-refractivity contribution in [3.05, 3.63) is 24.2 Å². The van der Waals surface area contributed by atoms with Crippen LogP contribution >= 0.6 is 0 Å². The van der Waals surface area contributed by atoms with Crippen LogP contribution in [0.3, 0.4) is 0 Å².